The molecule has 1 saturated heterocycles. The van der Waals surface area contributed by atoms with E-state index in [-0.39, 0.29) is 12.0 Å². The number of fused-ring (bicyclic) bond motifs is 1. The molecule has 6 nitrogen and oxygen atoms in total. The van der Waals surface area contributed by atoms with Crippen molar-refractivity contribution in [1.82, 2.24) is 15.2 Å². The lowest BCUT2D eigenvalue weighted by molar-refractivity contribution is -0.124. The van der Waals surface area contributed by atoms with Gasteiger partial charge in [-0.1, -0.05) is 23.5 Å². The highest BCUT2D eigenvalue weighted by atomic mass is 32.1. The molecular formula is C17H16N4O2S. The normalized spacial score (nSPS) is 17.3. The third-order valence-electron chi connectivity index (χ3n) is 3.97. The number of pyridine rings is 1. The third kappa shape index (κ3) is 3.00. The summed E-state index contributed by atoms with van der Waals surface area (Å²) < 4.78 is 5.40. The van der Waals surface area contributed by atoms with Gasteiger partial charge in [-0.15, -0.1) is 10.2 Å². The fourth-order valence-electron chi connectivity index (χ4n) is 2.75. The Morgan fingerprint density at radius 3 is 2.96 bits per heavy atom. The largest absolute Gasteiger partial charge is 0.368 e. The van der Waals surface area contributed by atoms with Crippen LogP contribution in [-0.4, -0.2) is 33.8 Å². The first kappa shape index (κ1) is 15.2. The van der Waals surface area contributed by atoms with Crippen LogP contribution in [0.2, 0.25) is 0 Å². The Balaban J connectivity index is 1.62. The molecule has 122 valence electrons. The van der Waals surface area contributed by atoms with E-state index in [0.29, 0.717) is 12.4 Å². The Kier molecular flexibility index (Phi) is 3.95. The zero-order chi connectivity index (χ0) is 16.5. The number of aromatic nitrogens is 3. The SMILES string of the molecule is Cc1nnc(-c2ccc3cnc(NC(=O)C4CCCO4)cc3c2)s1. The number of carbonyl (C=O) groups is 1. The van der Waals surface area contributed by atoms with Gasteiger partial charge >= 0.3 is 0 Å². The Morgan fingerprint density at radius 1 is 1.29 bits per heavy atom. The van der Waals surface area contributed by atoms with Crippen molar-refractivity contribution in [3.05, 3.63) is 35.5 Å². The van der Waals surface area contributed by atoms with E-state index in [2.05, 4.69) is 20.5 Å². The number of amides is 1. The number of anilines is 1. The van der Waals surface area contributed by atoms with Gasteiger partial charge in [0.15, 0.2) is 0 Å². The number of benzene rings is 1. The molecule has 2 aromatic heterocycles. The van der Waals surface area contributed by atoms with Crippen molar-refractivity contribution in [2.45, 2.75) is 25.9 Å². The first-order valence-electron chi connectivity index (χ1n) is 7.82. The minimum Gasteiger partial charge on any atom is -0.368 e. The Morgan fingerprint density at radius 2 is 2.21 bits per heavy atom. The molecule has 1 fully saturated rings. The summed E-state index contributed by atoms with van der Waals surface area (Å²) in [5, 5.41) is 14.9. The summed E-state index contributed by atoms with van der Waals surface area (Å²) in [7, 11) is 0. The van der Waals surface area contributed by atoms with Crippen molar-refractivity contribution in [3.8, 4) is 10.6 Å². The van der Waals surface area contributed by atoms with Crippen molar-refractivity contribution in [1.29, 1.82) is 0 Å². The summed E-state index contributed by atoms with van der Waals surface area (Å²) in [6.45, 7) is 2.58. The van der Waals surface area contributed by atoms with Crippen molar-refractivity contribution in [2.24, 2.45) is 0 Å². The van der Waals surface area contributed by atoms with Crippen LogP contribution in [0.25, 0.3) is 21.3 Å². The first-order chi connectivity index (χ1) is 11.7. The number of aryl methyl sites for hydroxylation is 1. The molecule has 0 aliphatic carbocycles. The molecule has 0 saturated carbocycles. The number of ether oxygens (including phenoxy) is 1. The number of nitrogens with zero attached hydrogens (tertiary/aromatic N) is 3. The van der Waals surface area contributed by atoms with Gasteiger partial charge in [0.1, 0.15) is 21.9 Å². The predicted octanol–water partition coefficient (Wildman–Crippen LogP) is 3.18. The van der Waals surface area contributed by atoms with Crippen molar-refractivity contribution >= 4 is 33.8 Å². The van der Waals surface area contributed by atoms with E-state index in [9.17, 15) is 4.79 Å². The van der Waals surface area contributed by atoms with E-state index >= 15 is 0 Å². The van der Waals surface area contributed by atoms with E-state index in [1.165, 1.54) is 0 Å². The van der Waals surface area contributed by atoms with Crippen LogP contribution >= 0.6 is 11.3 Å². The van der Waals surface area contributed by atoms with Crippen molar-refractivity contribution in [2.75, 3.05) is 11.9 Å². The van der Waals surface area contributed by atoms with Crippen LogP contribution in [0.4, 0.5) is 5.82 Å². The molecule has 0 radical (unpaired) electrons. The van der Waals surface area contributed by atoms with Gasteiger partial charge in [-0.2, -0.15) is 0 Å². The summed E-state index contributed by atoms with van der Waals surface area (Å²) in [6.07, 6.45) is 3.09. The second-order valence-corrected chi connectivity index (χ2v) is 6.93. The van der Waals surface area contributed by atoms with Crippen LogP contribution < -0.4 is 5.32 Å². The van der Waals surface area contributed by atoms with Crippen molar-refractivity contribution < 1.29 is 9.53 Å². The summed E-state index contributed by atoms with van der Waals surface area (Å²) in [5.74, 6) is 0.406. The van der Waals surface area contributed by atoms with Gasteiger partial charge < -0.3 is 10.1 Å². The highest BCUT2D eigenvalue weighted by Gasteiger charge is 2.23. The van der Waals surface area contributed by atoms with Gasteiger partial charge in [0.2, 0.25) is 0 Å². The van der Waals surface area contributed by atoms with E-state index in [4.69, 9.17) is 4.74 Å². The smallest absolute Gasteiger partial charge is 0.254 e. The summed E-state index contributed by atoms with van der Waals surface area (Å²) in [4.78, 5) is 16.5. The van der Waals surface area contributed by atoms with Crippen LogP contribution in [-0.2, 0) is 9.53 Å². The predicted molar refractivity (Wildman–Crippen MR) is 93.0 cm³/mol. The van der Waals surface area contributed by atoms with Crippen LogP contribution in [0.5, 0.6) is 0 Å². The monoisotopic (exact) mass is 340 g/mol. The van der Waals surface area contributed by atoms with Crippen molar-refractivity contribution in [3.63, 3.8) is 0 Å². The number of hydrogen-bond donors (Lipinski definition) is 1. The van der Waals surface area contributed by atoms with Gasteiger partial charge in [0.05, 0.1) is 0 Å². The maximum atomic E-state index is 12.1. The Hall–Kier alpha value is -2.38. The standard InChI is InChI=1S/C17H16N4O2S/c1-10-20-21-17(24-10)11-4-5-12-9-18-15(8-13(12)7-11)19-16(22)14-3-2-6-23-14/h4-5,7-9,14H,2-3,6H2,1H3,(H,18,19,22). The number of carbonyl (C=O) groups excluding carboxylic acids is 1. The van der Waals surface area contributed by atoms with Gasteiger partial charge in [0.25, 0.3) is 5.91 Å². The molecule has 1 N–H and O–H groups in total. The summed E-state index contributed by atoms with van der Waals surface area (Å²) in [6, 6.07) is 7.92. The zero-order valence-electron chi connectivity index (χ0n) is 13.2. The van der Waals surface area contributed by atoms with Crippen LogP contribution in [0, 0.1) is 6.92 Å². The number of rotatable bonds is 3. The molecule has 1 aliphatic heterocycles. The number of nitrogens with one attached hydrogen (secondary N) is 1. The lowest BCUT2D eigenvalue weighted by Gasteiger charge is -2.10. The lowest BCUT2D eigenvalue weighted by atomic mass is 10.1. The van der Waals surface area contributed by atoms with Crippen LogP contribution in [0.3, 0.4) is 0 Å². The molecule has 4 rings (SSSR count). The minimum atomic E-state index is -0.363. The highest BCUT2D eigenvalue weighted by molar-refractivity contribution is 7.14. The minimum absolute atomic E-state index is 0.129. The van der Waals surface area contributed by atoms with Crippen LogP contribution in [0.1, 0.15) is 17.8 Å². The van der Waals surface area contributed by atoms with E-state index in [1.54, 1.807) is 17.5 Å². The quantitative estimate of drug-likeness (QED) is 0.792. The summed E-state index contributed by atoms with van der Waals surface area (Å²) in [5.41, 5.74) is 1.01. The second kappa shape index (κ2) is 6.26. The van der Waals surface area contributed by atoms with Crippen LogP contribution in [0.15, 0.2) is 30.5 Å². The lowest BCUT2D eigenvalue weighted by Crippen LogP contribution is -2.27. The maximum Gasteiger partial charge on any atom is 0.254 e. The molecule has 0 bridgehead atoms. The highest BCUT2D eigenvalue weighted by Crippen LogP contribution is 2.27. The molecule has 3 heterocycles. The molecule has 24 heavy (non-hydrogen) atoms. The van der Waals surface area contributed by atoms with E-state index in [0.717, 1.165) is 39.2 Å². The average Bonchev–Trinajstić information content (AvgIpc) is 3.25. The molecule has 3 aromatic rings. The molecular weight excluding hydrogens is 324 g/mol. The fourth-order valence-corrected chi connectivity index (χ4v) is 3.43. The molecule has 1 atom stereocenters. The molecule has 1 aliphatic rings. The van der Waals surface area contributed by atoms with Gasteiger partial charge in [0, 0.05) is 23.8 Å². The molecule has 0 spiro atoms. The maximum absolute atomic E-state index is 12.1. The Bertz CT molecular complexity index is 902. The molecule has 1 amide bonds. The van der Waals surface area contributed by atoms with Gasteiger partial charge in [-0.25, -0.2) is 4.98 Å². The summed E-state index contributed by atoms with van der Waals surface area (Å²) >= 11 is 1.56. The molecule has 1 unspecified atom stereocenters. The van der Waals surface area contributed by atoms with E-state index < -0.39 is 0 Å². The Labute approximate surface area is 142 Å². The average molecular weight is 340 g/mol. The van der Waals surface area contributed by atoms with Gasteiger partial charge in [-0.3, -0.25) is 4.79 Å². The topological polar surface area (TPSA) is 77.0 Å². The van der Waals surface area contributed by atoms with E-state index in [1.807, 2.05) is 31.2 Å². The zero-order valence-corrected chi connectivity index (χ0v) is 14.0. The number of hydrogen-bond acceptors (Lipinski definition) is 6. The molecule has 7 heteroatoms. The van der Waals surface area contributed by atoms with Gasteiger partial charge in [-0.05, 0) is 37.3 Å². The second-order valence-electron chi connectivity index (χ2n) is 5.75. The molecule has 1 aromatic carbocycles. The third-order valence-corrected chi connectivity index (χ3v) is 4.86. The first-order valence-corrected chi connectivity index (χ1v) is 8.63. The fraction of sp³-hybridized carbons (Fsp3) is 0.294.